The molecule has 2 aliphatic rings. The number of piperidine rings is 2. The molecule has 5 heteroatoms. The lowest BCUT2D eigenvalue weighted by Crippen LogP contribution is -2.50. The Labute approximate surface area is 156 Å². The van der Waals surface area contributed by atoms with Crippen molar-refractivity contribution in [3.8, 4) is 0 Å². The van der Waals surface area contributed by atoms with Crippen LogP contribution < -0.4 is 5.32 Å². The summed E-state index contributed by atoms with van der Waals surface area (Å²) in [5.74, 6) is 0.380. The van der Waals surface area contributed by atoms with Crippen molar-refractivity contribution in [2.75, 3.05) is 39.8 Å². The maximum atomic E-state index is 12.6. The zero-order valence-corrected chi connectivity index (χ0v) is 16.0. The molecule has 2 aliphatic heterocycles. The average molecular weight is 364 g/mol. The number of carbonyl (C=O) groups excluding carboxylic acids is 1. The second-order valence-corrected chi connectivity index (χ2v) is 7.97. The minimum Gasteiger partial charge on any atom is -0.355 e. The monoisotopic (exact) mass is 363 g/mol. The summed E-state index contributed by atoms with van der Waals surface area (Å²) in [5.41, 5.74) is 1.21. The fourth-order valence-corrected chi connectivity index (χ4v) is 4.16. The van der Waals surface area contributed by atoms with E-state index in [-0.39, 0.29) is 11.8 Å². The summed E-state index contributed by atoms with van der Waals surface area (Å²) in [4.78, 5) is 17.5. The molecule has 1 aromatic rings. The molecule has 2 saturated heterocycles. The van der Waals surface area contributed by atoms with Gasteiger partial charge < -0.3 is 10.2 Å². The van der Waals surface area contributed by atoms with E-state index in [9.17, 15) is 4.79 Å². The third-order valence-corrected chi connectivity index (χ3v) is 5.91. The van der Waals surface area contributed by atoms with Gasteiger partial charge in [0.25, 0.3) is 0 Å². The van der Waals surface area contributed by atoms with Gasteiger partial charge in [-0.15, -0.1) is 0 Å². The van der Waals surface area contributed by atoms with E-state index < -0.39 is 0 Å². The first-order valence-electron chi connectivity index (χ1n) is 9.56. The molecule has 0 radical (unpaired) electrons. The predicted octanol–water partition coefficient (Wildman–Crippen LogP) is 2.80. The van der Waals surface area contributed by atoms with Gasteiger partial charge in [-0.3, -0.25) is 9.69 Å². The number of hydrogen-bond donors (Lipinski definition) is 1. The fourth-order valence-electron chi connectivity index (χ4n) is 4.04. The molecule has 2 fully saturated rings. The summed E-state index contributed by atoms with van der Waals surface area (Å²) in [6, 6.07) is 8.52. The Hall–Kier alpha value is -1.10. The highest BCUT2D eigenvalue weighted by Crippen LogP contribution is 2.23. The third kappa shape index (κ3) is 5.44. The van der Waals surface area contributed by atoms with Gasteiger partial charge >= 0.3 is 0 Å². The number of carbonyl (C=O) groups is 1. The third-order valence-electron chi connectivity index (χ3n) is 5.65. The molecule has 1 amide bonds. The summed E-state index contributed by atoms with van der Waals surface area (Å²) < 4.78 is 0. The van der Waals surface area contributed by atoms with E-state index in [2.05, 4.69) is 22.2 Å². The Morgan fingerprint density at radius 1 is 1.16 bits per heavy atom. The first kappa shape index (κ1) is 18.7. The molecule has 0 spiro atoms. The van der Waals surface area contributed by atoms with Crippen molar-refractivity contribution in [2.24, 2.45) is 5.92 Å². The van der Waals surface area contributed by atoms with Crippen LogP contribution in [0.15, 0.2) is 24.3 Å². The SMILES string of the molecule is CN1CCC(N2CCCC(C(=O)NCCc3ccc(Cl)cc3)C2)CC1. The molecule has 0 aliphatic carbocycles. The Morgan fingerprint density at radius 3 is 2.60 bits per heavy atom. The number of nitrogens with one attached hydrogen (secondary N) is 1. The highest BCUT2D eigenvalue weighted by Gasteiger charge is 2.30. The van der Waals surface area contributed by atoms with E-state index in [1.165, 1.54) is 31.5 Å². The second-order valence-electron chi connectivity index (χ2n) is 7.54. The molecule has 2 heterocycles. The van der Waals surface area contributed by atoms with Gasteiger partial charge in [0.2, 0.25) is 5.91 Å². The van der Waals surface area contributed by atoms with Crippen LogP contribution in [0, 0.1) is 5.92 Å². The minimum atomic E-state index is 0.152. The van der Waals surface area contributed by atoms with Gasteiger partial charge in [-0.2, -0.15) is 0 Å². The van der Waals surface area contributed by atoms with Crippen molar-refractivity contribution in [1.82, 2.24) is 15.1 Å². The van der Waals surface area contributed by atoms with Crippen molar-refractivity contribution in [3.63, 3.8) is 0 Å². The second kappa shape index (κ2) is 9.02. The van der Waals surface area contributed by atoms with Crippen molar-refractivity contribution in [3.05, 3.63) is 34.9 Å². The summed E-state index contributed by atoms with van der Waals surface area (Å²) in [5, 5.41) is 3.89. The van der Waals surface area contributed by atoms with Crippen molar-refractivity contribution in [1.29, 1.82) is 0 Å². The molecule has 3 rings (SSSR count). The van der Waals surface area contributed by atoms with Crippen LogP contribution >= 0.6 is 11.6 Å². The maximum absolute atomic E-state index is 12.6. The number of benzene rings is 1. The van der Waals surface area contributed by atoms with Crippen LogP contribution in [0.3, 0.4) is 0 Å². The molecule has 0 saturated carbocycles. The maximum Gasteiger partial charge on any atom is 0.224 e. The van der Waals surface area contributed by atoms with E-state index in [4.69, 9.17) is 11.6 Å². The van der Waals surface area contributed by atoms with E-state index in [1.54, 1.807) is 0 Å². The Balaban J connectivity index is 1.43. The highest BCUT2D eigenvalue weighted by molar-refractivity contribution is 6.30. The topological polar surface area (TPSA) is 35.6 Å². The normalized spacial score (nSPS) is 23.5. The van der Waals surface area contributed by atoms with E-state index in [0.29, 0.717) is 12.6 Å². The van der Waals surface area contributed by atoms with Crippen LogP contribution in [0.2, 0.25) is 5.02 Å². The molecular formula is C20H30ClN3O. The number of halogens is 1. The lowest BCUT2D eigenvalue weighted by molar-refractivity contribution is -0.127. The van der Waals surface area contributed by atoms with Crippen molar-refractivity contribution >= 4 is 17.5 Å². The highest BCUT2D eigenvalue weighted by atomic mass is 35.5. The molecule has 1 atom stereocenters. The number of hydrogen-bond acceptors (Lipinski definition) is 3. The van der Waals surface area contributed by atoms with Crippen molar-refractivity contribution in [2.45, 2.75) is 38.1 Å². The molecule has 1 aromatic carbocycles. The summed E-state index contributed by atoms with van der Waals surface area (Å²) in [7, 11) is 2.20. The van der Waals surface area contributed by atoms with Gasteiger partial charge in [-0.25, -0.2) is 0 Å². The van der Waals surface area contributed by atoms with E-state index >= 15 is 0 Å². The molecule has 1 N–H and O–H groups in total. The Kier molecular flexibility index (Phi) is 6.74. The van der Waals surface area contributed by atoms with Gasteiger partial charge in [-0.1, -0.05) is 23.7 Å². The van der Waals surface area contributed by atoms with Crippen LogP contribution in [0.4, 0.5) is 0 Å². The molecular weight excluding hydrogens is 334 g/mol. The first-order valence-corrected chi connectivity index (χ1v) is 9.94. The predicted molar refractivity (Wildman–Crippen MR) is 103 cm³/mol. The number of nitrogens with zero attached hydrogens (tertiary/aromatic N) is 2. The van der Waals surface area contributed by atoms with Gasteiger partial charge in [0.05, 0.1) is 5.92 Å². The average Bonchev–Trinajstić information content (AvgIpc) is 2.64. The smallest absolute Gasteiger partial charge is 0.224 e. The van der Waals surface area contributed by atoms with Crippen molar-refractivity contribution < 1.29 is 4.79 Å². The lowest BCUT2D eigenvalue weighted by Gasteiger charge is -2.41. The van der Waals surface area contributed by atoms with Gasteiger partial charge in [0.1, 0.15) is 0 Å². The zero-order valence-electron chi connectivity index (χ0n) is 15.2. The quantitative estimate of drug-likeness (QED) is 0.873. The molecule has 0 aromatic heterocycles. The first-order chi connectivity index (χ1) is 12.1. The van der Waals surface area contributed by atoms with Gasteiger partial charge in [-0.05, 0) is 76.5 Å². The zero-order chi connectivity index (χ0) is 17.6. The Morgan fingerprint density at radius 2 is 1.88 bits per heavy atom. The summed E-state index contributed by atoms with van der Waals surface area (Å²) in [6.45, 7) is 5.15. The minimum absolute atomic E-state index is 0.152. The molecule has 138 valence electrons. The number of likely N-dealkylation sites (tertiary alicyclic amines) is 2. The van der Waals surface area contributed by atoms with Gasteiger partial charge in [0.15, 0.2) is 0 Å². The van der Waals surface area contributed by atoms with E-state index in [1.807, 2.05) is 24.3 Å². The largest absolute Gasteiger partial charge is 0.355 e. The van der Waals surface area contributed by atoms with Crippen LogP contribution in [0.25, 0.3) is 0 Å². The van der Waals surface area contributed by atoms with Crippen LogP contribution in [0.5, 0.6) is 0 Å². The summed E-state index contributed by atoms with van der Waals surface area (Å²) in [6.07, 6.45) is 5.49. The summed E-state index contributed by atoms with van der Waals surface area (Å²) >= 11 is 5.91. The lowest BCUT2D eigenvalue weighted by atomic mass is 9.93. The fraction of sp³-hybridized carbons (Fsp3) is 0.650. The number of amides is 1. The molecule has 4 nitrogen and oxygen atoms in total. The van der Waals surface area contributed by atoms with Crippen LogP contribution in [0.1, 0.15) is 31.2 Å². The number of rotatable bonds is 5. The van der Waals surface area contributed by atoms with Gasteiger partial charge in [0, 0.05) is 24.2 Å². The van der Waals surface area contributed by atoms with Crippen LogP contribution in [-0.4, -0.2) is 61.5 Å². The molecule has 25 heavy (non-hydrogen) atoms. The molecule has 1 unspecified atom stereocenters. The standard InChI is InChI=1S/C20H30ClN3O/c1-23-13-9-19(10-14-23)24-12-2-3-17(15-24)20(25)22-11-8-16-4-6-18(21)7-5-16/h4-7,17,19H,2-3,8-15H2,1H3,(H,22,25). The van der Waals surface area contributed by atoms with Crippen LogP contribution in [-0.2, 0) is 11.2 Å². The Bertz CT molecular complexity index is 555. The van der Waals surface area contributed by atoms with E-state index in [0.717, 1.165) is 37.4 Å². The molecule has 0 bridgehead atoms.